The molecule has 0 bridgehead atoms. The minimum absolute atomic E-state index is 0.0573. The van der Waals surface area contributed by atoms with Crippen molar-refractivity contribution in [1.82, 2.24) is 39.1 Å². The second-order valence-electron chi connectivity index (χ2n) is 17.4. The van der Waals surface area contributed by atoms with Gasteiger partial charge in [0.25, 0.3) is 0 Å². The van der Waals surface area contributed by atoms with Crippen LogP contribution in [0.2, 0.25) is 0 Å². The number of halogens is 5. The largest absolute Gasteiger partial charge is 0.457 e. The summed E-state index contributed by atoms with van der Waals surface area (Å²) < 4.78 is 95.0. The van der Waals surface area contributed by atoms with Crippen molar-refractivity contribution in [3.8, 4) is 51.2 Å². The smallest absolute Gasteiger partial charge is 0.416 e. The van der Waals surface area contributed by atoms with Crippen LogP contribution in [-0.4, -0.2) is 64.2 Å². The fourth-order valence-corrected chi connectivity index (χ4v) is 8.36. The molecule has 2 N–H and O–H groups in total. The molecule has 1 aliphatic rings. The van der Waals surface area contributed by atoms with Crippen LogP contribution in [-0.2, 0) is 20.3 Å². The lowest BCUT2D eigenvalue weighted by molar-refractivity contribution is -0.137. The maximum atomic E-state index is 16.9. The van der Waals surface area contributed by atoms with E-state index in [0.29, 0.717) is 63.1 Å². The van der Waals surface area contributed by atoms with Crippen LogP contribution in [0.4, 0.5) is 60.0 Å². The van der Waals surface area contributed by atoms with Crippen molar-refractivity contribution in [2.75, 3.05) is 38.6 Å². The van der Waals surface area contributed by atoms with Gasteiger partial charge in [-0.2, -0.15) is 33.4 Å². The van der Waals surface area contributed by atoms with Crippen molar-refractivity contribution in [2.45, 2.75) is 25.9 Å². The molecular formula is C53H44F5N13O4. The standard InChI is InChI=1S/C53H44F5N13O4/c1-33-29-69(32-61-33)39-8-6-7-37(21-39)64-51(72)70(49-25-41(9-11-45(49)54)74-43-13-15-59-47(23-43)34-27-62-66(2)30-34)71(52(73)65-38-19-36(53(56,57)58)20-40(22-38)68-17-4-5-18-68)50-26-42(10-12-46(50)55)75-44-14-16-60-48(24-44)35-28-63-67(3)31-35/h6-16,19-32H,4-5,17-18H2,1-3H3,(H,64,72)(H,65,73). The number of hydrazine groups is 1. The van der Waals surface area contributed by atoms with Gasteiger partial charge in [-0.3, -0.25) is 19.3 Å². The molecule has 9 aromatic rings. The van der Waals surface area contributed by atoms with Crippen LogP contribution in [0.3, 0.4) is 0 Å². The van der Waals surface area contributed by atoms with Gasteiger partial charge in [-0.05, 0) is 92.6 Å². The molecule has 0 saturated carbocycles. The Morgan fingerprint density at radius 3 is 1.65 bits per heavy atom. The Kier molecular flexibility index (Phi) is 13.4. The van der Waals surface area contributed by atoms with Gasteiger partial charge in [0, 0.05) is 116 Å². The number of nitrogens with one attached hydrogen (secondary N) is 2. The molecule has 4 aromatic carbocycles. The van der Waals surface area contributed by atoms with E-state index in [9.17, 15) is 13.2 Å². The van der Waals surface area contributed by atoms with E-state index in [0.717, 1.165) is 43.2 Å². The monoisotopic (exact) mass is 1020 g/mol. The molecule has 17 nitrogen and oxygen atoms in total. The zero-order chi connectivity index (χ0) is 52.4. The van der Waals surface area contributed by atoms with Gasteiger partial charge in [-0.1, -0.05) is 6.07 Å². The lowest BCUT2D eigenvalue weighted by atomic mass is 10.1. The Morgan fingerprint density at radius 2 is 1.15 bits per heavy atom. The number of hydrogen-bond acceptors (Lipinski definition) is 10. The Labute approximate surface area is 425 Å². The predicted octanol–water partition coefficient (Wildman–Crippen LogP) is 11.9. The lowest BCUT2D eigenvalue weighted by Crippen LogP contribution is -2.54. The van der Waals surface area contributed by atoms with Gasteiger partial charge in [0.15, 0.2) is 0 Å². The van der Waals surface area contributed by atoms with Crippen molar-refractivity contribution in [3.63, 3.8) is 0 Å². The number of nitrogens with zero attached hydrogens (tertiary/aromatic N) is 11. The van der Waals surface area contributed by atoms with Gasteiger partial charge < -0.3 is 29.6 Å². The number of carbonyl (C=O) groups is 2. The van der Waals surface area contributed by atoms with E-state index in [-0.39, 0.29) is 40.1 Å². The topological polar surface area (TPSA) is 166 Å². The Bertz CT molecular complexity index is 3570. The third kappa shape index (κ3) is 11.1. The van der Waals surface area contributed by atoms with Crippen LogP contribution in [0.25, 0.3) is 28.2 Å². The number of benzene rings is 4. The van der Waals surface area contributed by atoms with Gasteiger partial charge in [-0.25, -0.2) is 23.4 Å². The van der Waals surface area contributed by atoms with Gasteiger partial charge in [0.2, 0.25) is 0 Å². The minimum Gasteiger partial charge on any atom is -0.457 e. The van der Waals surface area contributed by atoms with Gasteiger partial charge in [0.05, 0.1) is 41.4 Å². The SMILES string of the molecule is Cc1cn(-c2cccc(NC(=O)N(c3cc(Oc4ccnc(-c5cnn(C)c5)c4)ccc3F)N(C(=O)Nc3cc(N4CCCC4)cc(C(F)(F)F)c3)c3cc(Oc4ccnc(-c5cnn(C)c5)c4)ccc3F)c2)cn1. The number of aryl methyl sites for hydroxylation is 3. The second-order valence-corrected chi connectivity index (χ2v) is 17.4. The van der Waals surface area contributed by atoms with E-state index in [1.165, 1.54) is 48.8 Å². The highest BCUT2D eigenvalue weighted by atomic mass is 19.4. The molecule has 6 heterocycles. The molecule has 5 aromatic heterocycles. The molecule has 0 radical (unpaired) electrons. The van der Waals surface area contributed by atoms with Gasteiger partial charge in [0.1, 0.15) is 46.0 Å². The number of ether oxygens (including phenoxy) is 2. The first-order valence-electron chi connectivity index (χ1n) is 23.3. The number of carbonyl (C=O) groups excluding carboxylic acids is 2. The van der Waals surface area contributed by atoms with Crippen LogP contribution >= 0.6 is 0 Å². The molecule has 22 heteroatoms. The molecule has 10 rings (SSSR count). The number of urea groups is 2. The second kappa shape index (κ2) is 20.5. The average Bonchev–Trinajstić information content (AvgIpc) is 4.25. The fourth-order valence-electron chi connectivity index (χ4n) is 8.36. The number of anilines is 5. The molecule has 0 aliphatic carbocycles. The molecule has 1 aliphatic heterocycles. The van der Waals surface area contributed by atoms with Crippen molar-refractivity contribution in [1.29, 1.82) is 0 Å². The van der Waals surface area contributed by atoms with Crippen LogP contribution < -0.4 is 35.0 Å². The number of hydrogen-bond donors (Lipinski definition) is 2. The number of amides is 4. The summed E-state index contributed by atoms with van der Waals surface area (Å²) in [6, 6.07) is 19.8. The number of rotatable bonds is 12. The zero-order valence-corrected chi connectivity index (χ0v) is 40.2. The van der Waals surface area contributed by atoms with Gasteiger partial charge in [-0.15, -0.1) is 0 Å². The quantitative estimate of drug-likeness (QED) is 0.0888. The summed E-state index contributed by atoms with van der Waals surface area (Å²) in [6.45, 7) is 2.71. The predicted molar refractivity (Wildman–Crippen MR) is 270 cm³/mol. The molecule has 1 fully saturated rings. The van der Waals surface area contributed by atoms with Crippen LogP contribution in [0.5, 0.6) is 23.0 Å². The molecule has 380 valence electrons. The van der Waals surface area contributed by atoms with Crippen LogP contribution in [0.1, 0.15) is 24.1 Å². The van der Waals surface area contributed by atoms with Crippen LogP contribution in [0, 0.1) is 18.6 Å². The molecule has 75 heavy (non-hydrogen) atoms. The third-order valence-electron chi connectivity index (χ3n) is 11.9. The fraction of sp³-hybridized carbons (Fsp3) is 0.151. The molecular weight excluding hydrogens is 978 g/mol. The summed E-state index contributed by atoms with van der Waals surface area (Å²) in [7, 11) is 3.48. The Balaban J connectivity index is 1.11. The maximum absolute atomic E-state index is 16.9. The first-order chi connectivity index (χ1) is 36.1. The molecule has 1 saturated heterocycles. The number of imidazole rings is 1. The number of pyridine rings is 2. The third-order valence-corrected chi connectivity index (χ3v) is 11.9. The highest BCUT2D eigenvalue weighted by Gasteiger charge is 2.36. The number of aromatic nitrogens is 8. The van der Waals surface area contributed by atoms with Crippen molar-refractivity contribution in [3.05, 3.63) is 176 Å². The van der Waals surface area contributed by atoms with Gasteiger partial charge >= 0.3 is 18.2 Å². The summed E-state index contributed by atoms with van der Waals surface area (Å²) in [6.07, 6.45) is 9.55. The highest BCUT2D eigenvalue weighted by molar-refractivity contribution is 6.13. The summed E-state index contributed by atoms with van der Waals surface area (Å²) in [5.74, 6) is -1.92. The Hall–Kier alpha value is -9.60. The normalized spacial score (nSPS) is 12.4. The van der Waals surface area contributed by atoms with Crippen molar-refractivity contribution < 1.29 is 41.0 Å². The zero-order valence-electron chi connectivity index (χ0n) is 40.2. The minimum atomic E-state index is -4.86. The van der Waals surface area contributed by atoms with Crippen molar-refractivity contribution >= 4 is 40.5 Å². The summed E-state index contributed by atoms with van der Waals surface area (Å²) in [4.78, 5) is 45.4. The first kappa shape index (κ1) is 49.0. The van der Waals surface area contributed by atoms with E-state index in [1.54, 1.807) is 107 Å². The molecule has 4 amide bonds. The average molecular weight is 1020 g/mol. The summed E-state index contributed by atoms with van der Waals surface area (Å²) >= 11 is 0. The molecule has 0 atom stereocenters. The highest BCUT2D eigenvalue weighted by Crippen LogP contribution is 2.39. The number of alkyl halides is 3. The summed E-state index contributed by atoms with van der Waals surface area (Å²) in [5.41, 5.74) is 1.03. The molecule has 0 spiro atoms. The van der Waals surface area contributed by atoms with E-state index in [1.807, 2.05) is 0 Å². The van der Waals surface area contributed by atoms with E-state index in [2.05, 4.69) is 35.8 Å². The van der Waals surface area contributed by atoms with E-state index < -0.39 is 46.8 Å². The first-order valence-corrected chi connectivity index (χ1v) is 23.3. The maximum Gasteiger partial charge on any atom is 0.416 e. The van der Waals surface area contributed by atoms with Crippen molar-refractivity contribution in [2.24, 2.45) is 14.1 Å². The Morgan fingerprint density at radius 1 is 0.613 bits per heavy atom. The van der Waals surface area contributed by atoms with Crippen LogP contribution in [0.15, 0.2) is 153 Å². The van der Waals surface area contributed by atoms with E-state index in [4.69, 9.17) is 9.47 Å². The van der Waals surface area contributed by atoms with E-state index >= 15 is 18.4 Å². The molecule has 0 unspecified atom stereocenters. The lowest BCUT2D eigenvalue weighted by Gasteiger charge is -2.35. The summed E-state index contributed by atoms with van der Waals surface area (Å²) in [5, 5.41) is 14.6.